The highest BCUT2D eigenvalue weighted by Gasteiger charge is 2.16. The van der Waals surface area contributed by atoms with Crippen LogP contribution in [0.4, 0.5) is 4.79 Å². The zero-order chi connectivity index (χ0) is 12.1. The van der Waals surface area contributed by atoms with Crippen LogP contribution < -0.4 is 10.6 Å². The lowest BCUT2D eigenvalue weighted by molar-refractivity contribution is -0.123. The van der Waals surface area contributed by atoms with Crippen molar-refractivity contribution in [3.63, 3.8) is 0 Å². The van der Waals surface area contributed by atoms with Gasteiger partial charge in [-0.2, -0.15) is 0 Å². The van der Waals surface area contributed by atoms with E-state index in [0.29, 0.717) is 0 Å². The molecule has 1 aromatic heterocycles. The normalized spacial score (nSPS) is 12.2. The summed E-state index contributed by atoms with van der Waals surface area (Å²) >= 11 is 0. The van der Waals surface area contributed by atoms with Gasteiger partial charge in [-0.3, -0.25) is 9.36 Å². The molecule has 0 aliphatic heterocycles. The third kappa shape index (κ3) is 3.38. The Morgan fingerprint density at radius 1 is 1.25 bits per heavy atom. The molecule has 1 unspecified atom stereocenters. The molecule has 0 aromatic carbocycles. The average molecular weight is 224 g/mol. The van der Waals surface area contributed by atoms with Crippen LogP contribution >= 0.6 is 0 Å². The van der Waals surface area contributed by atoms with Gasteiger partial charge in [0.2, 0.25) is 5.91 Å². The minimum atomic E-state index is -0.572. The Bertz CT molecular complexity index is 359. The summed E-state index contributed by atoms with van der Waals surface area (Å²) < 4.78 is 1.28. The number of aromatic nitrogens is 2. The lowest BCUT2D eigenvalue weighted by Gasteiger charge is -2.15. The third-order valence-corrected chi connectivity index (χ3v) is 1.90. The van der Waals surface area contributed by atoms with Crippen molar-refractivity contribution in [1.29, 1.82) is 0 Å². The molecule has 2 N–H and O–H groups in total. The molecule has 16 heavy (non-hydrogen) atoms. The fourth-order valence-corrected chi connectivity index (χ4v) is 1.11. The van der Waals surface area contributed by atoms with E-state index >= 15 is 0 Å². The average Bonchev–Trinajstić information content (AvgIpc) is 2.68. The maximum Gasteiger partial charge on any atom is 0.327 e. The minimum Gasteiger partial charge on any atom is -0.352 e. The number of nitrogens with one attached hydrogen (secondary N) is 2. The summed E-state index contributed by atoms with van der Waals surface area (Å²) in [5.74, 6) is -0.205. The minimum absolute atomic E-state index is 0.0556. The molecule has 0 saturated heterocycles. The lowest BCUT2D eigenvalue weighted by Crippen LogP contribution is -2.47. The van der Waals surface area contributed by atoms with Crippen LogP contribution in [0.2, 0.25) is 0 Å². The van der Waals surface area contributed by atoms with Crippen molar-refractivity contribution in [3.8, 4) is 0 Å². The molecule has 1 heterocycles. The van der Waals surface area contributed by atoms with Crippen molar-refractivity contribution >= 4 is 11.9 Å². The molecule has 88 valence electrons. The van der Waals surface area contributed by atoms with Gasteiger partial charge in [-0.1, -0.05) is 0 Å². The second-order valence-corrected chi connectivity index (χ2v) is 3.80. The maximum atomic E-state index is 11.5. The number of carbonyl (C=O) groups excluding carboxylic acids is 2. The van der Waals surface area contributed by atoms with Crippen molar-refractivity contribution in [2.45, 2.75) is 32.9 Å². The van der Waals surface area contributed by atoms with Gasteiger partial charge >= 0.3 is 6.03 Å². The molecule has 0 bridgehead atoms. The number of imidazole rings is 1. The van der Waals surface area contributed by atoms with Gasteiger partial charge in [0, 0.05) is 18.4 Å². The molecule has 0 aliphatic carbocycles. The number of nitrogens with zero attached hydrogens (tertiary/aromatic N) is 2. The Morgan fingerprint density at radius 3 is 2.44 bits per heavy atom. The van der Waals surface area contributed by atoms with Crippen LogP contribution in [-0.2, 0) is 4.79 Å². The summed E-state index contributed by atoms with van der Waals surface area (Å²) in [6.45, 7) is 5.36. The fraction of sp³-hybridized carbons (Fsp3) is 0.500. The van der Waals surface area contributed by atoms with E-state index in [4.69, 9.17) is 0 Å². The lowest BCUT2D eigenvalue weighted by atomic mass is 10.3. The zero-order valence-electron chi connectivity index (χ0n) is 9.60. The van der Waals surface area contributed by atoms with Gasteiger partial charge in [-0.15, -0.1) is 0 Å². The molecule has 1 rings (SSSR count). The first kappa shape index (κ1) is 12.2. The molecule has 1 atom stereocenters. The van der Waals surface area contributed by atoms with E-state index < -0.39 is 6.04 Å². The van der Waals surface area contributed by atoms with Crippen molar-refractivity contribution < 1.29 is 9.59 Å². The number of rotatable bonds is 3. The van der Waals surface area contributed by atoms with E-state index in [2.05, 4.69) is 15.6 Å². The van der Waals surface area contributed by atoms with E-state index in [0.717, 1.165) is 0 Å². The van der Waals surface area contributed by atoms with Crippen molar-refractivity contribution in [1.82, 2.24) is 20.2 Å². The first-order valence-electron chi connectivity index (χ1n) is 5.10. The van der Waals surface area contributed by atoms with Crippen molar-refractivity contribution in [2.24, 2.45) is 0 Å². The van der Waals surface area contributed by atoms with E-state index in [-0.39, 0.29) is 18.0 Å². The Kier molecular flexibility index (Phi) is 4.04. The highest BCUT2D eigenvalue weighted by molar-refractivity contribution is 5.87. The molecule has 0 spiro atoms. The third-order valence-electron chi connectivity index (χ3n) is 1.90. The summed E-state index contributed by atoms with van der Waals surface area (Å²) in [6.07, 6.45) is 4.39. The highest BCUT2D eigenvalue weighted by Crippen LogP contribution is 1.89. The molecule has 6 nitrogen and oxygen atoms in total. The van der Waals surface area contributed by atoms with Crippen LogP contribution in [-0.4, -0.2) is 33.6 Å². The first-order valence-corrected chi connectivity index (χ1v) is 5.10. The SMILES string of the molecule is CC(C)NC(=O)C(C)NC(=O)n1ccnc1. The Hall–Kier alpha value is -1.85. The Labute approximate surface area is 94.0 Å². The predicted molar refractivity (Wildman–Crippen MR) is 58.9 cm³/mol. The van der Waals surface area contributed by atoms with Crippen molar-refractivity contribution in [2.75, 3.05) is 0 Å². The van der Waals surface area contributed by atoms with Crippen LogP contribution in [0, 0.1) is 0 Å². The molecular weight excluding hydrogens is 208 g/mol. The quantitative estimate of drug-likeness (QED) is 0.778. The van der Waals surface area contributed by atoms with E-state index in [9.17, 15) is 9.59 Å². The van der Waals surface area contributed by atoms with Crippen LogP contribution in [0.25, 0.3) is 0 Å². The highest BCUT2D eigenvalue weighted by atomic mass is 16.2. The molecule has 0 fully saturated rings. The predicted octanol–water partition coefficient (Wildman–Crippen LogP) is 0.354. The molecular formula is C10H16N4O2. The summed E-state index contributed by atoms with van der Waals surface area (Å²) in [7, 11) is 0. The molecule has 6 heteroatoms. The molecule has 0 saturated carbocycles. The fourth-order valence-electron chi connectivity index (χ4n) is 1.11. The van der Waals surface area contributed by atoms with Gasteiger partial charge in [0.1, 0.15) is 12.4 Å². The maximum absolute atomic E-state index is 11.5. The second kappa shape index (κ2) is 5.29. The van der Waals surface area contributed by atoms with Gasteiger partial charge in [-0.05, 0) is 20.8 Å². The molecule has 0 radical (unpaired) electrons. The topological polar surface area (TPSA) is 76.0 Å². The number of hydrogen-bond acceptors (Lipinski definition) is 3. The Balaban J connectivity index is 2.48. The summed E-state index contributed by atoms with van der Waals surface area (Å²) in [4.78, 5) is 26.8. The first-order chi connectivity index (χ1) is 7.50. The largest absolute Gasteiger partial charge is 0.352 e. The van der Waals surface area contributed by atoms with Crippen LogP contribution in [0.5, 0.6) is 0 Å². The number of hydrogen-bond donors (Lipinski definition) is 2. The Morgan fingerprint density at radius 2 is 1.94 bits per heavy atom. The van der Waals surface area contributed by atoms with Gasteiger partial charge in [-0.25, -0.2) is 9.78 Å². The van der Waals surface area contributed by atoms with Gasteiger partial charge in [0.25, 0.3) is 0 Å². The number of carbonyl (C=O) groups is 2. The van der Waals surface area contributed by atoms with Crippen LogP contribution in [0.3, 0.4) is 0 Å². The van der Waals surface area contributed by atoms with Crippen molar-refractivity contribution in [3.05, 3.63) is 18.7 Å². The number of amides is 2. The summed E-state index contributed by atoms with van der Waals surface area (Å²) in [5, 5.41) is 5.27. The second-order valence-electron chi connectivity index (χ2n) is 3.80. The molecule has 0 aliphatic rings. The van der Waals surface area contributed by atoms with Gasteiger partial charge < -0.3 is 10.6 Å². The van der Waals surface area contributed by atoms with Gasteiger partial charge in [0.05, 0.1) is 0 Å². The summed E-state index contributed by atoms with van der Waals surface area (Å²) in [6, 6.07) is -0.888. The molecule has 1 aromatic rings. The van der Waals surface area contributed by atoms with E-state index in [1.165, 1.54) is 23.3 Å². The smallest absolute Gasteiger partial charge is 0.327 e. The standard InChI is InChI=1S/C10H16N4O2/c1-7(2)12-9(15)8(3)13-10(16)14-5-4-11-6-14/h4-8H,1-3H3,(H,12,15)(H,13,16). The summed E-state index contributed by atoms with van der Waals surface area (Å²) in [5.41, 5.74) is 0. The monoisotopic (exact) mass is 224 g/mol. The van der Waals surface area contributed by atoms with Crippen LogP contribution in [0.1, 0.15) is 20.8 Å². The molecule has 2 amide bonds. The van der Waals surface area contributed by atoms with E-state index in [1.54, 1.807) is 6.92 Å². The van der Waals surface area contributed by atoms with Crippen LogP contribution in [0.15, 0.2) is 18.7 Å². The zero-order valence-corrected chi connectivity index (χ0v) is 9.60. The van der Waals surface area contributed by atoms with E-state index in [1.807, 2.05) is 13.8 Å². The van der Waals surface area contributed by atoms with Gasteiger partial charge in [0.15, 0.2) is 0 Å².